The minimum Gasteiger partial charge on any atom is -0.491 e. The number of benzene rings is 2. The molecule has 2 aromatic carbocycles. The average Bonchev–Trinajstić information content (AvgIpc) is 3.30. The highest BCUT2D eigenvalue weighted by Gasteiger charge is 2.34. The number of ether oxygens (including phenoxy) is 1. The van der Waals surface area contributed by atoms with Crippen LogP contribution in [0.2, 0.25) is 5.02 Å². The van der Waals surface area contributed by atoms with E-state index in [-0.39, 0.29) is 30.6 Å². The van der Waals surface area contributed by atoms with Crippen LogP contribution in [0.3, 0.4) is 0 Å². The largest absolute Gasteiger partial charge is 0.491 e. The summed E-state index contributed by atoms with van der Waals surface area (Å²) < 4.78 is 6.05. The summed E-state index contributed by atoms with van der Waals surface area (Å²) >= 11 is 7.75. The first-order chi connectivity index (χ1) is 16.4. The van der Waals surface area contributed by atoms with Crippen molar-refractivity contribution in [2.75, 3.05) is 25.0 Å². The van der Waals surface area contributed by atoms with E-state index in [0.29, 0.717) is 23.9 Å². The maximum absolute atomic E-state index is 13.5. The van der Waals surface area contributed by atoms with Gasteiger partial charge < -0.3 is 19.9 Å². The van der Waals surface area contributed by atoms with E-state index in [4.69, 9.17) is 16.3 Å². The molecule has 3 amide bonds. The number of hydrogen-bond acceptors (Lipinski definition) is 4. The number of nitrogens with one attached hydrogen (secondary N) is 1. The summed E-state index contributed by atoms with van der Waals surface area (Å²) in [6.07, 6.45) is 0.803. The Labute approximate surface area is 209 Å². The molecule has 0 bridgehead atoms. The Bertz CT molecular complexity index is 1140. The molecule has 34 heavy (non-hydrogen) atoms. The predicted molar refractivity (Wildman–Crippen MR) is 137 cm³/mol. The summed E-state index contributed by atoms with van der Waals surface area (Å²) in [5.74, 6) is 0.662. The molecule has 0 aliphatic carbocycles. The molecular weight excluding hydrogens is 470 g/mol. The van der Waals surface area contributed by atoms with Gasteiger partial charge >= 0.3 is 6.03 Å². The molecule has 0 radical (unpaired) electrons. The number of rotatable bonds is 7. The molecule has 1 atom stereocenters. The van der Waals surface area contributed by atoms with Crippen LogP contribution in [0.4, 0.5) is 10.5 Å². The molecule has 178 valence electrons. The molecule has 1 aromatic heterocycles. The zero-order valence-corrected chi connectivity index (χ0v) is 20.8. The van der Waals surface area contributed by atoms with Crippen molar-refractivity contribution in [1.82, 2.24) is 9.80 Å². The van der Waals surface area contributed by atoms with E-state index in [1.54, 1.807) is 40.5 Å². The van der Waals surface area contributed by atoms with E-state index in [0.717, 1.165) is 17.7 Å². The minimum atomic E-state index is -0.337. The van der Waals surface area contributed by atoms with E-state index in [1.165, 1.54) is 4.88 Å². The van der Waals surface area contributed by atoms with Crippen LogP contribution in [0.1, 0.15) is 30.3 Å². The average molecular weight is 498 g/mol. The van der Waals surface area contributed by atoms with Gasteiger partial charge in [-0.25, -0.2) is 4.79 Å². The van der Waals surface area contributed by atoms with Crippen LogP contribution in [0.5, 0.6) is 5.75 Å². The number of carbonyl (C=O) groups is 2. The molecule has 4 rings (SSSR count). The third kappa shape index (κ3) is 5.72. The number of fused-ring (bicyclic) bond motifs is 1. The van der Waals surface area contributed by atoms with Gasteiger partial charge in [0.1, 0.15) is 18.9 Å². The van der Waals surface area contributed by atoms with Gasteiger partial charge in [0, 0.05) is 28.2 Å². The first-order valence-corrected chi connectivity index (χ1v) is 12.5. The molecule has 2 heterocycles. The van der Waals surface area contributed by atoms with E-state index in [9.17, 15) is 9.59 Å². The summed E-state index contributed by atoms with van der Waals surface area (Å²) in [5.41, 5.74) is 1.71. The van der Waals surface area contributed by atoms with Crippen molar-refractivity contribution >= 4 is 40.6 Å². The summed E-state index contributed by atoms with van der Waals surface area (Å²) in [6.45, 7) is 4.72. The van der Waals surface area contributed by atoms with Crippen LogP contribution in [0.25, 0.3) is 0 Å². The van der Waals surface area contributed by atoms with Crippen molar-refractivity contribution < 1.29 is 14.3 Å². The van der Waals surface area contributed by atoms with Crippen LogP contribution >= 0.6 is 22.9 Å². The monoisotopic (exact) mass is 497 g/mol. The number of carbonyl (C=O) groups excluding carboxylic acids is 2. The standard InChI is InChI=1S/C26H28ClN3O3S/c1-18(2)30(26(32)28-20-8-6-7-19(27)15-20)16-25(31)29-13-11-24-22(12-14-34-24)23(29)17-33-21-9-4-3-5-10-21/h3-10,12,14-15,18,23H,11,13,16-17H2,1-2H3,(H,28,32)/t23-/m1/s1. The van der Waals surface area contributed by atoms with Crippen LogP contribution < -0.4 is 10.1 Å². The van der Waals surface area contributed by atoms with E-state index < -0.39 is 0 Å². The summed E-state index contributed by atoms with van der Waals surface area (Å²) in [4.78, 5) is 31.2. The fourth-order valence-corrected chi connectivity index (χ4v) is 5.17. The van der Waals surface area contributed by atoms with E-state index in [1.807, 2.05) is 49.1 Å². The first-order valence-electron chi connectivity index (χ1n) is 11.3. The molecule has 3 aromatic rings. The third-order valence-corrected chi connectivity index (χ3v) is 7.06. The topological polar surface area (TPSA) is 61.9 Å². The lowest BCUT2D eigenvalue weighted by Gasteiger charge is -2.37. The van der Waals surface area contributed by atoms with E-state index >= 15 is 0 Å². The molecular formula is C26H28ClN3O3S. The number of urea groups is 1. The van der Waals surface area contributed by atoms with Gasteiger partial charge in [-0.3, -0.25) is 4.79 Å². The minimum absolute atomic E-state index is 0.0224. The Morgan fingerprint density at radius 2 is 1.97 bits per heavy atom. The number of anilines is 1. The zero-order valence-electron chi connectivity index (χ0n) is 19.2. The summed E-state index contributed by atoms with van der Waals surface area (Å²) in [6, 6.07) is 17.9. The second-order valence-electron chi connectivity index (χ2n) is 8.44. The van der Waals surface area contributed by atoms with Gasteiger partial charge in [-0.05, 0) is 67.6 Å². The van der Waals surface area contributed by atoms with Gasteiger partial charge in [0.05, 0.1) is 6.04 Å². The van der Waals surface area contributed by atoms with Crippen molar-refractivity contribution in [2.24, 2.45) is 0 Å². The molecule has 0 unspecified atom stereocenters. The Kier molecular flexibility index (Phi) is 7.75. The lowest BCUT2D eigenvalue weighted by Crippen LogP contribution is -2.50. The van der Waals surface area contributed by atoms with Crippen molar-refractivity contribution in [1.29, 1.82) is 0 Å². The van der Waals surface area contributed by atoms with Crippen LogP contribution in [-0.4, -0.2) is 47.5 Å². The first kappa shape index (κ1) is 24.1. The van der Waals surface area contributed by atoms with Gasteiger partial charge in [-0.2, -0.15) is 0 Å². The van der Waals surface area contributed by atoms with Crippen molar-refractivity contribution in [3.63, 3.8) is 0 Å². The molecule has 0 saturated heterocycles. The second kappa shape index (κ2) is 10.9. The normalized spacial score (nSPS) is 15.1. The van der Waals surface area contributed by atoms with Gasteiger partial charge in [0.15, 0.2) is 0 Å². The Morgan fingerprint density at radius 1 is 1.18 bits per heavy atom. The number of nitrogens with zero attached hydrogens (tertiary/aromatic N) is 2. The van der Waals surface area contributed by atoms with Crippen molar-refractivity contribution in [3.05, 3.63) is 81.5 Å². The van der Waals surface area contributed by atoms with Crippen molar-refractivity contribution in [2.45, 2.75) is 32.4 Å². The second-order valence-corrected chi connectivity index (χ2v) is 9.88. The molecule has 0 fully saturated rings. The highest BCUT2D eigenvalue weighted by molar-refractivity contribution is 7.10. The molecule has 0 saturated carbocycles. The Balaban J connectivity index is 1.48. The molecule has 6 nitrogen and oxygen atoms in total. The van der Waals surface area contributed by atoms with Gasteiger partial charge in [-0.15, -0.1) is 11.3 Å². The number of thiophene rings is 1. The van der Waals surface area contributed by atoms with Crippen molar-refractivity contribution in [3.8, 4) is 5.75 Å². The molecule has 0 spiro atoms. The maximum atomic E-state index is 13.5. The number of hydrogen-bond donors (Lipinski definition) is 1. The quantitative estimate of drug-likeness (QED) is 0.445. The van der Waals surface area contributed by atoms with Gasteiger partial charge in [0.25, 0.3) is 0 Å². The summed E-state index contributed by atoms with van der Waals surface area (Å²) in [5, 5.41) is 5.45. The lowest BCUT2D eigenvalue weighted by atomic mass is 10.0. The fraction of sp³-hybridized carbons (Fsp3) is 0.308. The smallest absolute Gasteiger partial charge is 0.322 e. The van der Waals surface area contributed by atoms with Gasteiger partial charge in [0.2, 0.25) is 5.91 Å². The Hall–Kier alpha value is -3.03. The zero-order chi connectivity index (χ0) is 24.1. The third-order valence-electron chi connectivity index (χ3n) is 5.83. The fourth-order valence-electron chi connectivity index (χ4n) is 4.05. The molecule has 1 aliphatic heterocycles. The highest BCUT2D eigenvalue weighted by atomic mass is 35.5. The Morgan fingerprint density at radius 3 is 2.71 bits per heavy atom. The maximum Gasteiger partial charge on any atom is 0.322 e. The van der Waals surface area contributed by atoms with Crippen LogP contribution in [0, 0.1) is 0 Å². The number of para-hydroxylation sites is 1. The lowest BCUT2D eigenvalue weighted by molar-refractivity contribution is -0.135. The number of amides is 3. The van der Waals surface area contributed by atoms with E-state index in [2.05, 4.69) is 16.8 Å². The van der Waals surface area contributed by atoms with Crippen LogP contribution in [0.15, 0.2) is 66.0 Å². The SMILES string of the molecule is CC(C)N(CC(=O)N1CCc2sccc2[C@H]1COc1ccccc1)C(=O)Nc1cccc(Cl)c1. The molecule has 8 heteroatoms. The summed E-state index contributed by atoms with van der Waals surface area (Å²) in [7, 11) is 0. The number of halogens is 1. The highest BCUT2D eigenvalue weighted by Crippen LogP contribution is 2.34. The van der Waals surface area contributed by atoms with Gasteiger partial charge in [-0.1, -0.05) is 35.9 Å². The molecule has 1 aliphatic rings. The molecule has 1 N–H and O–H groups in total. The van der Waals surface area contributed by atoms with Crippen LogP contribution in [-0.2, 0) is 11.2 Å². The predicted octanol–water partition coefficient (Wildman–Crippen LogP) is 5.85.